The van der Waals surface area contributed by atoms with Crippen molar-refractivity contribution in [2.75, 3.05) is 39.6 Å². The zero-order chi connectivity index (χ0) is 62.0. The first kappa shape index (κ1) is 82.1. The summed E-state index contributed by atoms with van der Waals surface area (Å²) in [5, 5.41) is 10.5. The zero-order valence-electron chi connectivity index (χ0n) is 54.0. The lowest BCUT2D eigenvalue weighted by Crippen LogP contribution is -2.30. The molecule has 0 saturated heterocycles. The van der Waals surface area contributed by atoms with Crippen LogP contribution in [-0.2, 0) is 65.4 Å². The predicted octanol–water partition coefficient (Wildman–Crippen LogP) is 18.2. The number of phosphoric acid groups is 2. The standard InChI is InChI=1S/C65H126O17P2/c1-6-9-12-15-18-20-22-23-24-26-30-36-41-46-51-65(70)82-61(55-76-63(68)49-44-39-34-31-27-28-33-37-42-47-58(4)5)57-80-84(73,74)78-53-59(66)52-77-83(71,72)79-56-60(54-75-62(67)48-43-38-32-17-14-11-8-3)81-64(69)50-45-40-35-29-25-21-19-16-13-10-7-2/h58-61,66H,6-57H2,1-5H3,(H,71,72)(H,73,74)/t59-,60+,61+/m0/s1. The largest absolute Gasteiger partial charge is 0.472 e. The summed E-state index contributed by atoms with van der Waals surface area (Å²) in [6.07, 6.45) is 43.1. The summed E-state index contributed by atoms with van der Waals surface area (Å²) in [4.78, 5) is 72.2. The molecule has 0 aromatic heterocycles. The van der Waals surface area contributed by atoms with Crippen molar-refractivity contribution in [3.05, 3.63) is 0 Å². The summed E-state index contributed by atoms with van der Waals surface area (Å²) in [6.45, 7) is 7.15. The summed E-state index contributed by atoms with van der Waals surface area (Å²) in [6, 6.07) is 0. The highest BCUT2D eigenvalue weighted by Crippen LogP contribution is 2.45. The number of ether oxygens (including phenoxy) is 4. The van der Waals surface area contributed by atoms with Gasteiger partial charge in [0.15, 0.2) is 12.2 Å². The van der Waals surface area contributed by atoms with Gasteiger partial charge in [-0.05, 0) is 31.6 Å². The molecular weight excluding hydrogens is 1110 g/mol. The van der Waals surface area contributed by atoms with Crippen LogP contribution in [0.5, 0.6) is 0 Å². The third-order valence-corrected chi connectivity index (χ3v) is 16.9. The molecule has 84 heavy (non-hydrogen) atoms. The van der Waals surface area contributed by atoms with Crippen molar-refractivity contribution in [2.45, 2.75) is 348 Å². The van der Waals surface area contributed by atoms with E-state index in [4.69, 9.17) is 37.0 Å². The van der Waals surface area contributed by atoms with Crippen molar-refractivity contribution < 1.29 is 80.2 Å². The maximum absolute atomic E-state index is 13.0. The molecule has 0 spiro atoms. The fraction of sp³-hybridized carbons (Fsp3) is 0.938. The smallest absolute Gasteiger partial charge is 0.462 e. The molecule has 19 heteroatoms. The average molecular weight is 1240 g/mol. The maximum Gasteiger partial charge on any atom is 0.472 e. The van der Waals surface area contributed by atoms with Crippen LogP contribution in [0.1, 0.15) is 330 Å². The molecule has 0 saturated carbocycles. The number of carbonyl (C=O) groups excluding carboxylic acids is 4. The van der Waals surface area contributed by atoms with Crippen LogP contribution in [0.3, 0.4) is 0 Å². The molecule has 0 heterocycles. The molecule has 0 aromatic rings. The Morgan fingerprint density at radius 1 is 0.321 bits per heavy atom. The van der Waals surface area contributed by atoms with E-state index in [1.54, 1.807) is 0 Å². The molecule has 498 valence electrons. The van der Waals surface area contributed by atoms with Gasteiger partial charge in [-0.15, -0.1) is 0 Å². The van der Waals surface area contributed by atoms with E-state index in [2.05, 4.69) is 34.6 Å². The highest BCUT2D eigenvalue weighted by atomic mass is 31.2. The van der Waals surface area contributed by atoms with Crippen LogP contribution in [0.15, 0.2) is 0 Å². The topological polar surface area (TPSA) is 237 Å². The van der Waals surface area contributed by atoms with Crippen molar-refractivity contribution in [1.29, 1.82) is 0 Å². The molecular formula is C65H126O17P2. The van der Waals surface area contributed by atoms with Gasteiger partial charge in [-0.2, -0.15) is 0 Å². The molecule has 0 aromatic carbocycles. The van der Waals surface area contributed by atoms with Crippen molar-refractivity contribution >= 4 is 39.5 Å². The first-order chi connectivity index (χ1) is 40.5. The molecule has 5 atom stereocenters. The van der Waals surface area contributed by atoms with Gasteiger partial charge >= 0.3 is 39.5 Å². The van der Waals surface area contributed by atoms with Gasteiger partial charge in [0.2, 0.25) is 0 Å². The second-order valence-electron chi connectivity index (χ2n) is 24.0. The third-order valence-electron chi connectivity index (χ3n) is 15.0. The van der Waals surface area contributed by atoms with E-state index >= 15 is 0 Å². The van der Waals surface area contributed by atoms with Crippen molar-refractivity contribution in [1.82, 2.24) is 0 Å². The van der Waals surface area contributed by atoms with Crippen molar-refractivity contribution in [3.8, 4) is 0 Å². The number of aliphatic hydroxyl groups excluding tert-OH is 1. The van der Waals surface area contributed by atoms with Crippen LogP contribution in [0.4, 0.5) is 0 Å². The van der Waals surface area contributed by atoms with Crippen molar-refractivity contribution in [3.63, 3.8) is 0 Å². The Hall–Kier alpha value is -1.94. The van der Waals surface area contributed by atoms with E-state index in [9.17, 15) is 43.2 Å². The number of phosphoric ester groups is 2. The Labute approximate surface area is 511 Å². The molecule has 0 amide bonds. The Balaban J connectivity index is 5.21. The van der Waals surface area contributed by atoms with Gasteiger partial charge in [-0.25, -0.2) is 9.13 Å². The molecule has 0 radical (unpaired) electrons. The highest BCUT2D eigenvalue weighted by molar-refractivity contribution is 7.47. The fourth-order valence-electron chi connectivity index (χ4n) is 9.76. The lowest BCUT2D eigenvalue weighted by Gasteiger charge is -2.21. The van der Waals surface area contributed by atoms with Crippen LogP contribution in [-0.4, -0.2) is 96.7 Å². The van der Waals surface area contributed by atoms with Crippen LogP contribution in [0.2, 0.25) is 0 Å². The van der Waals surface area contributed by atoms with E-state index in [0.717, 1.165) is 109 Å². The molecule has 0 aliphatic carbocycles. The quantitative estimate of drug-likeness (QED) is 0.0222. The molecule has 17 nitrogen and oxygen atoms in total. The summed E-state index contributed by atoms with van der Waals surface area (Å²) in [5.74, 6) is -1.39. The summed E-state index contributed by atoms with van der Waals surface area (Å²) in [7, 11) is -9.88. The van der Waals surface area contributed by atoms with E-state index in [0.29, 0.717) is 25.7 Å². The molecule has 3 N–H and O–H groups in total. The minimum Gasteiger partial charge on any atom is -0.462 e. The number of aliphatic hydroxyl groups is 1. The van der Waals surface area contributed by atoms with Crippen LogP contribution >= 0.6 is 15.6 Å². The van der Waals surface area contributed by atoms with Crippen molar-refractivity contribution in [2.24, 2.45) is 5.92 Å². The fourth-order valence-corrected chi connectivity index (χ4v) is 11.3. The number of unbranched alkanes of at least 4 members (excludes halogenated alkanes) is 37. The molecule has 0 aliphatic rings. The molecule has 0 bridgehead atoms. The Bertz CT molecular complexity index is 1640. The molecule has 0 aliphatic heterocycles. The zero-order valence-corrected chi connectivity index (χ0v) is 55.8. The lowest BCUT2D eigenvalue weighted by atomic mass is 10.0. The van der Waals surface area contributed by atoms with E-state index in [1.807, 2.05) is 0 Å². The normalized spacial score (nSPS) is 14.2. The van der Waals surface area contributed by atoms with E-state index < -0.39 is 97.5 Å². The summed E-state index contributed by atoms with van der Waals surface area (Å²) < 4.78 is 68.0. The number of esters is 4. The molecule has 0 rings (SSSR count). The number of carbonyl (C=O) groups is 4. The van der Waals surface area contributed by atoms with Gasteiger partial charge < -0.3 is 33.8 Å². The van der Waals surface area contributed by atoms with Gasteiger partial charge in [0.1, 0.15) is 19.3 Å². The first-order valence-electron chi connectivity index (χ1n) is 34.1. The van der Waals surface area contributed by atoms with Crippen LogP contribution in [0, 0.1) is 5.92 Å². The number of hydrogen-bond donors (Lipinski definition) is 3. The lowest BCUT2D eigenvalue weighted by molar-refractivity contribution is -0.161. The minimum absolute atomic E-state index is 0.107. The molecule has 0 fully saturated rings. The average Bonchev–Trinajstić information content (AvgIpc) is 3.58. The van der Waals surface area contributed by atoms with Gasteiger partial charge in [0.05, 0.1) is 26.4 Å². The van der Waals surface area contributed by atoms with Gasteiger partial charge in [0.25, 0.3) is 0 Å². The monoisotopic (exact) mass is 1240 g/mol. The second-order valence-corrected chi connectivity index (χ2v) is 26.9. The van der Waals surface area contributed by atoms with Crippen LogP contribution < -0.4 is 0 Å². The SMILES string of the molecule is CCCCCCCCCCCCCCCCC(=O)O[C@H](COC(=O)CCCCCCCCCCCC(C)C)COP(=O)(O)OC[C@@H](O)COP(=O)(O)OC[C@@H](COC(=O)CCCCCCCCC)OC(=O)CCCCCCCCCCCCC. The van der Waals surface area contributed by atoms with E-state index in [-0.39, 0.29) is 25.7 Å². The highest BCUT2D eigenvalue weighted by Gasteiger charge is 2.30. The number of hydrogen-bond acceptors (Lipinski definition) is 15. The van der Waals surface area contributed by atoms with Gasteiger partial charge in [-0.1, -0.05) is 279 Å². The molecule has 2 unspecified atom stereocenters. The Morgan fingerprint density at radius 3 is 0.810 bits per heavy atom. The summed E-state index contributed by atoms with van der Waals surface area (Å²) in [5.41, 5.74) is 0. The third kappa shape index (κ3) is 59.0. The maximum atomic E-state index is 13.0. The predicted molar refractivity (Wildman–Crippen MR) is 335 cm³/mol. The van der Waals surface area contributed by atoms with E-state index in [1.165, 1.54) is 141 Å². The second kappa shape index (κ2) is 58.7. The van der Waals surface area contributed by atoms with Gasteiger partial charge in [-0.3, -0.25) is 37.3 Å². The summed E-state index contributed by atoms with van der Waals surface area (Å²) >= 11 is 0. The van der Waals surface area contributed by atoms with Gasteiger partial charge in [0, 0.05) is 25.7 Å². The first-order valence-corrected chi connectivity index (χ1v) is 37.1. The number of rotatable bonds is 65. The minimum atomic E-state index is -4.94. The Kier molecular flexibility index (Phi) is 57.4. The Morgan fingerprint density at radius 2 is 0.548 bits per heavy atom. The van der Waals surface area contributed by atoms with Crippen LogP contribution in [0.25, 0.3) is 0 Å².